The van der Waals surface area contributed by atoms with Gasteiger partial charge in [-0.2, -0.15) is 0 Å². The number of para-hydroxylation sites is 1. The Kier molecular flexibility index (Phi) is 6.64. The van der Waals surface area contributed by atoms with Gasteiger partial charge in [-0.1, -0.05) is 12.1 Å². The fourth-order valence-electron chi connectivity index (χ4n) is 1.98. The van der Waals surface area contributed by atoms with Crippen molar-refractivity contribution < 1.29 is 8.42 Å². The maximum Gasteiger partial charge on any atom is 0.242 e. The smallest absolute Gasteiger partial charge is 0.242 e. The van der Waals surface area contributed by atoms with Crippen LogP contribution in [0.15, 0.2) is 29.2 Å². The minimum atomic E-state index is -3.49. The van der Waals surface area contributed by atoms with Crippen molar-refractivity contribution in [1.82, 2.24) is 9.62 Å². The van der Waals surface area contributed by atoms with Gasteiger partial charge in [0.05, 0.1) is 5.69 Å². The summed E-state index contributed by atoms with van der Waals surface area (Å²) in [6.45, 7) is 6.64. The van der Waals surface area contributed by atoms with Crippen LogP contribution < -0.4 is 10.0 Å². The SMILES string of the molecule is CC(C)NS(=O)(=O)c1ccccc1NC(C)CCN(C)C. The Bertz CT molecular complexity index is 542. The molecule has 0 aliphatic carbocycles. The lowest BCUT2D eigenvalue weighted by molar-refractivity contribution is 0.390. The van der Waals surface area contributed by atoms with E-state index in [4.69, 9.17) is 0 Å². The van der Waals surface area contributed by atoms with Crippen molar-refractivity contribution in [3.05, 3.63) is 24.3 Å². The molecule has 1 rings (SSSR count). The Hall–Kier alpha value is -1.11. The molecule has 1 atom stereocenters. The summed E-state index contributed by atoms with van der Waals surface area (Å²) in [5, 5.41) is 3.30. The van der Waals surface area contributed by atoms with Crippen molar-refractivity contribution in [3.8, 4) is 0 Å². The second-order valence-electron chi connectivity index (χ2n) is 5.91. The number of hydrogen-bond acceptors (Lipinski definition) is 4. The molecule has 0 amide bonds. The summed E-state index contributed by atoms with van der Waals surface area (Å²) in [5.41, 5.74) is 0.650. The van der Waals surface area contributed by atoms with Crippen LogP contribution in [0.2, 0.25) is 0 Å². The minimum absolute atomic E-state index is 0.130. The minimum Gasteiger partial charge on any atom is -0.381 e. The summed E-state index contributed by atoms with van der Waals surface area (Å²) in [7, 11) is 0.561. The Morgan fingerprint density at radius 3 is 2.33 bits per heavy atom. The number of nitrogens with one attached hydrogen (secondary N) is 2. The van der Waals surface area contributed by atoms with E-state index < -0.39 is 10.0 Å². The third kappa shape index (κ3) is 6.03. The first-order valence-electron chi connectivity index (χ1n) is 7.25. The molecule has 120 valence electrons. The molecule has 0 fully saturated rings. The average molecular weight is 313 g/mol. The van der Waals surface area contributed by atoms with Gasteiger partial charge in [-0.3, -0.25) is 0 Å². The third-order valence-corrected chi connectivity index (χ3v) is 4.70. The van der Waals surface area contributed by atoms with E-state index in [1.54, 1.807) is 18.2 Å². The lowest BCUT2D eigenvalue weighted by atomic mass is 10.2. The van der Waals surface area contributed by atoms with Gasteiger partial charge in [-0.15, -0.1) is 0 Å². The molecule has 2 N–H and O–H groups in total. The number of anilines is 1. The van der Waals surface area contributed by atoms with E-state index in [1.165, 1.54) is 0 Å². The maximum atomic E-state index is 12.4. The fraction of sp³-hybridized carbons (Fsp3) is 0.600. The molecular formula is C15H27N3O2S. The number of sulfonamides is 1. The monoisotopic (exact) mass is 313 g/mol. The van der Waals surface area contributed by atoms with Crippen LogP contribution in [0, 0.1) is 0 Å². The van der Waals surface area contributed by atoms with Gasteiger partial charge in [0, 0.05) is 12.1 Å². The van der Waals surface area contributed by atoms with E-state index in [2.05, 4.69) is 21.9 Å². The number of hydrogen-bond donors (Lipinski definition) is 2. The Morgan fingerprint density at radius 1 is 1.14 bits per heavy atom. The Labute approximate surface area is 128 Å². The van der Waals surface area contributed by atoms with E-state index in [0.29, 0.717) is 10.6 Å². The molecule has 0 heterocycles. The fourth-order valence-corrected chi connectivity index (χ4v) is 3.41. The van der Waals surface area contributed by atoms with Gasteiger partial charge in [0.15, 0.2) is 0 Å². The zero-order valence-corrected chi connectivity index (χ0v) is 14.4. The molecule has 1 unspecified atom stereocenters. The molecule has 0 aliphatic rings. The van der Waals surface area contributed by atoms with Crippen LogP contribution in [0.25, 0.3) is 0 Å². The summed E-state index contributed by atoms with van der Waals surface area (Å²) < 4.78 is 27.3. The number of benzene rings is 1. The molecule has 1 aromatic rings. The second-order valence-corrected chi connectivity index (χ2v) is 7.59. The standard InChI is InChI=1S/C15H27N3O2S/c1-12(2)17-21(19,20)15-9-7-6-8-14(15)16-13(3)10-11-18(4)5/h6-9,12-13,16-17H,10-11H2,1-5H3. The normalized spacial score (nSPS) is 13.7. The third-order valence-electron chi connectivity index (χ3n) is 2.98. The molecule has 21 heavy (non-hydrogen) atoms. The van der Waals surface area contributed by atoms with Crippen LogP contribution in [0.4, 0.5) is 5.69 Å². The van der Waals surface area contributed by atoms with Crippen molar-refractivity contribution in [2.45, 2.75) is 44.2 Å². The van der Waals surface area contributed by atoms with E-state index in [0.717, 1.165) is 13.0 Å². The van der Waals surface area contributed by atoms with Crippen molar-refractivity contribution >= 4 is 15.7 Å². The highest BCUT2D eigenvalue weighted by Crippen LogP contribution is 2.22. The summed E-state index contributed by atoms with van der Waals surface area (Å²) in [6.07, 6.45) is 0.943. The maximum absolute atomic E-state index is 12.4. The second kappa shape index (κ2) is 7.77. The van der Waals surface area contributed by atoms with E-state index in [9.17, 15) is 8.42 Å². The first-order chi connectivity index (χ1) is 9.72. The molecular weight excluding hydrogens is 286 g/mol. The first kappa shape index (κ1) is 17.9. The van der Waals surface area contributed by atoms with E-state index >= 15 is 0 Å². The molecule has 1 aromatic carbocycles. The van der Waals surface area contributed by atoms with Gasteiger partial charge >= 0.3 is 0 Å². The summed E-state index contributed by atoms with van der Waals surface area (Å²) >= 11 is 0. The van der Waals surface area contributed by atoms with Crippen molar-refractivity contribution in [1.29, 1.82) is 0 Å². The zero-order chi connectivity index (χ0) is 16.0. The quantitative estimate of drug-likeness (QED) is 0.772. The van der Waals surface area contributed by atoms with Crippen LogP contribution >= 0.6 is 0 Å². The van der Waals surface area contributed by atoms with Gasteiger partial charge in [0.25, 0.3) is 0 Å². The van der Waals surface area contributed by atoms with Crippen molar-refractivity contribution in [2.75, 3.05) is 26.0 Å². The summed E-state index contributed by atoms with van der Waals surface area (Å²) in [5.74, 6) is 0. The van der Waals surface area contributed by atoms with Crippen LogP contribution in [-0.2, 0) is 10.0 Å². The number of nitrogens with zero attached hydrogens (tertiary/aromatic N) is 1. The highest BCUT2D eigenvalue weighted by Gasteiger charge is 2.19. The zero-order valence-electron chi connectivity index (χ0n) is 13.6. The Morgan fingerprint density at radius 2 is 1.76 bits per heavy atom. The molecule has 0 aromatic heterocycles. The molecule has 0 spiro atoms. The van der Waals surface area contributed by atoms with Gasteiger partial charge in [0.2, 0.25) is 10.0 Å². The Balaban J connectivity index is 2.89. The molecule has 5 nitrogen and oxygen atoms in total. The first-order valence-corrected chi connectivity index (χ1v) is 8.73. The predicted octanol–water partition coefficient (Wildman–Crippen LogP) is 2.13. The van der Waals surface area contributed by atoms with Crippen molar-refractivity contribution in [3.63, 3.8) is 0 Å². The van der Waals surface area contributed by atoms with E-state index in [-0.39, 0.29) is 12.1 Å². The van der Waals surface area contributed by atoms with Crippen LogP contribution in [-0.4, -0.2) is 46.0 Å². The van der Waals surface area contributed by atoms with Crippen LogP contribution in [0.5, 0.6) is 0 Å². The van der Waals surface area contributed by atoms with Crippen LogP contribution in [0.3, 0.4) is 0 Å². The van der Waals surface area contributed by atoms with Crippen LogP contribution in [0.1, 0.15) is 27.2 Å². The highest BCUT2D eigenvalue weighted by molar-refractivity contribution is 7.89. The van der Waals surface area contributed by atoms with Gasteiger partial charge in [-0.05, 0) is 60.0 Å². The largest absolute Gasteiger partial charge is 0.381 e. The van der Waals surface area contributed by atoms with Gasteiger partial charge in [-0.25, -0.2) is 13.1 Å². The van der Waals surface area contributed by atoms with Gasteiger partial charge < -0.3 is 10.2 Å². The number of rotatable bonds is 8. The molecule has 0 saturated carbocycles. The van der Waals surface area contributed by atoms with Gasteiger partial charge in [0.1, 0.15) is 4.90 Å². The summed E-state index contributed by atoms with van der Waals surface area (Å²) in [6, 6.07) is 7.09. The lowest BCUT2D eigenvalue weighted by Gasteiger charge is -2.20. The van der Waals surface area contributed by atoms with E-state index in [1.807, 2.05) is 34.0 Å². The molecule has 6 heteroatoms. The molecule has 0 aliphatic heterocycles. The van der Waals surface area contributed by atoms with Crippen molar-refractivity contribution in [2.24, 2.45) is 0 Å². The lowest BCUT2D eigenvalue weighted by Crippen LogP contribution is -2.31. The topological polar surface area (TPSA) is 61.4 Å². The summed E-state index contributed by atoms with van der Waals surface area (Å²) in [4.78, 5) is 2.41. The predicted molar refractivity (Wildman–Crippen MR) is 88.2 cm³/mol. The molecule has 0 saturated heterocycles. The highest BCUT2D eigenvalue weighted by atomic mass is 32.2. The molecule has 0 radical (unpaired) electrons. The molecule has 0 bridgehead atoms. The average Bonchev–Trinajstić information content (AvgIpc) is 2.35.